The molecule has 0 heterocycles. The summed E-state index contributed by atoms with van der Waals surface area (Å²) in [5.41, 5.74) is -1.15. The summed E-state index contributed by atoms with van der Waals surface area (Å²) in [7, 11) is -0.0760. The summed E-state index contributed by atoms with van der Waals surface area (Å²) in [6, 6.07) is 4.33. The molecular formula is C12H18BrClN2O3S. The molecule has 5 nitrogen and oxygen atoms in total. The van der Waals surface area contributed by atoms with Gasteiger partial charge in [-0.2, -0.15) is 0 Å². The Balaban J connectivity index is 2.82. The number of aliphatic hydroxyl groups is 1. The molecule has 1 aromatic carbocycles. The van der Waals surface area contributed by atoms with Gasteiger partial charge in [0, 0.05) is 17.6 Å². The molecule has 8 heteroatoms. The SMILES string of the molecule is CN(C)CC(C)(O)CNS(=O)(=O)c1ccc(Cl)c(Br)c1. The quantitative estimate of drug-likeness (QED) is 0.782. The summed E-state index contributed by atoms with van der Waals surface area (Å²) in [4.78, 5) is 1.88. The van der Waals surface area contributed by atoms with Gasteiger partial charge in [-0.25, -0.2) is 13.1 Å². The fourth-order valence-electron chi connectivity index (χ4n) is 1.71. The molecule has 0 amide bonds. The van der Waals surface area contributed by atoms with E-state index in [0.717, 1.165) is 0 Å². The van der Waals surface area contributed by atoms with Gasteiger partial charge in [-0.1, -0.05) is 11.6 Å². The van der Waals surface area contributed by atoms with Crippen molar-refractivity contribution < 1.29 is 13.5 Å². The maximum atomic E-state index is 12.1. The van der Waals surface area contributed by atoms with Gasteiger partial charge in [0.15, 0.2) is 0 Å². The Kier molecular flexibility index (Phi) is 6.01. The number of rotatable bonds is 6. The molecule has 1 atom stereocenters. The van der Waals surface area contributed by atoms with E-state index in [1.807, 2.05) is 0 Å². The van der Waals surface area contributed by atoms with Crippen molar-refractivity contribution in [2.24, 2.45) is 0 Å². The Bertz CT molecular complexity index is 576. The zero-order valence-electron chi connectivity index (χ0n) is 11.5. The number of nitrogens with zero attached hydrogens (tertiary/aromatic N) is 1. The van der Waals surface area contributed by atoms with Gasteiger partial charge in [-0.15, -0.1) is 0 Å². The Morgan fingerprint density at radius 2 is 2.05 bits per heavy atom. The van der Waals surface area contributed by atoms with Gasteiger partial charge in [-0.3, -0.25) is 0 Å². The van der Waals surface area contributed by atoms with E-state index in [1.165, 1.54) is 18.2 Å². The van der Waals surface area contributed by atoms with Crippen molar-refractivity contribution in [3.05, 3.63) is 27.7 Å². The highest BCUT2D eigenvalue weighted by molar-refractivity contribution is 9.10. The van der Waals surface area contributed by atoms with E-state index in [1.54, 1.807) is 25.9 Å². The fraction of sp³-hybridized carbons (Fsp3) is 0.500. The van der Waals surface area contributed by atoms with Gasteiger partial charge < -0.3 is 10.0 Å². The van der Waals surface area contributed by atoms with Crippen molar-refractivity contribution in [3.63, 3.8) is 0 Å². The third-order valence-corrected chi connectivity index (χ3v) is 5.11. The van der Waals surface area contributed by atoms with Crippen molar-refractivity contribution in [2.75, 3.05) is 27.2 Å². The van der Waals surface area contributed by atoms with Crippen molar-refractivity contribution in [1.29, 1.82) is 0 Å². The van der Waals surface area contributed by atoms with Crippen molar-refractivity contribution >= 4 is 37.6 Å². The van der Waals surface area contributed by atoms with Gasteiger partial charge in [0.05, 0.1) is 15.5 Å². The van der Waals surface area contributed by atoms with Crippen LogP contribution in [0.4, 0.5) is 0 Å². The van der Waals surface area contributed by atoms with Gasteiger partial charge >= 0.3 is 0 Å². The molecule has 0 aliphatic carbocycles. The maximum absolute atomic E-state index is 12.1. The van der Waals surface area contributed by atoms with Crippen LogP contribution in [0.2, 0.25) is 5.02 Å². The van der Waals surface area contributed by atoms with Gasteiger partial charge in [-0.05, 0) is 55.1 Å². The van der Waals surface area contributed by atoms with E-state index >= 15 is 0 Å². The summed E-state index contributed by atoms with van der Waals surface area (Å²) in [6.45, 7) is 1.85. The maximum Gasteiger partial charge on any atom is 0.240 e. The summed E-state index contributed by atoms with van der Waals surface area (Å²) in [5, 5.41) is 10.5. The van der Waals surface area contributed by atoms with Crippen LogP contribution in [-0.2, 0) is 10.0 Å². The Morgan fingerprint density at radius 3 is 2.55 bits per heavy atom. The lowest BCUT2D eigenvalue weighted by Crippen LogP contribution is -2.47. The third kappa shape index (κ3) is 5.31. The molecule has 2 N–H and O–H groups in total. The Hall–Kier alpha value is -0.180. The minimum Gasteiger partial charge on any atom is -0.387 e. The predicted octanol–water partition coefficient (Wildman–Crippen LogP) is 1.69. The van der Waals surface area contributed by atoms with E-state index < -0.39 is 15.6 Å². The summed E-state index contributed by atoms with van der Waals surface area (Å²) >= 11 is 9.01. The minimum absolute atomic E-state index is 0.0756. The average molecular weight is 386 g/mol. The number of likely N-dealkylation sites (N-methyl/N-ethyl adjacent to an activating group) is 1. The van der Waals surface area contributed by atoms with Crippen molar-refractivity contribution in [3.8, 4) is 0 Å². The molecule has 114 valence electrons. The minimum atomic E-state index is -3.69. The first-order chi connectivity index (χ1) is 9.03. The van der Waals surface area contributed by atoms with Crippen molar-refractivity contribution in [2.45, 2.75) is 17.4 Å². The van der Waals surface area contributed by atoms with Gasteiger partial charge in [0.25, 0.3) is 0 Å². The van der Waals surface area contributed by atoms with Crippen LogP contribution in [0.15, 0.2) is 27.6 Å². The molecule has 0 aliphatic rings. The Labute approximate surface area is 133 Å². The van der Waals surface area contributed by atoms with Crippen LogP contribution in [0.1, 0.15) is 6.92 Å². The largest absolute Gasteiger partial charge is 0.387 e. The normalized spacial score (nSPS) is 15.3. The highest BCUT2D eigenvalue weighted by Crippen LogP contribution is 2.25. The first-order valence-electron chi connectivity index (χ1n) is 5.85. The second kappa shape index (κ2) is 6.72. The molecule has 0 fully saturated rings. The zero-order valence-corrected chi connectivity index (χ0v) is 14.7. The highest BCUT2D eigenvalue weighted by Gasteiger charge is 2.25. The van der Waals surface area contributed by atoms with E-state index in [9.17, 15) is 13.5 Å². The van der Waals surface area contributed by atoms with Crippen molar-refractivity contribution in [1.82, 2.24) is 9.62 Å². The predicted molar refractivity (Wildman–Crippen MR) is 83.5 cm³/mol. The molecule has 0 saturated heterocycles. The molecule has 1 unspecified atom stereocenters. The Morgan fingerprint density at radius 1 is 1.45 bits per heavy atom. The molecule has 1 aromatic rings. The molecule has 1 rings (SSSR count). The zero-order chi connectivity index (χ0) is 15.6. The number of hydrogen-bond donors (Lipinski definition) is 2. The van der Waals surface area contributed by atoms with Crippen LogP contribution in [0.5, 0.6) is 0 Å². The van der Waals surface area contributed by atoms with E-state index in [4.69, 9.17) is 11.6 Å². The molecule has 0 aliphatic heterocycles. The van der Waals surface area contributed by atoms with E-state index in [0.29, 0.717) is 16.0 Å². The number of nitrogens with one attached hydrogen (secondary N) is 1. The van der Waals surface area contributed by atoms with Gasteiger partial charge in [0.1, 0.15) is 0 Å². The molecule has 20 heavy (non-hydrogen) atoms. The standard InChI is InChI=1S/C12H18BrClN2O3S/c1-12(17,8-16(2)3)7-15-20(18,19)9-4-5-11(14)10(13)6-9/h4-6,15,17H,7-8H2,1-3H3. The lowest BCUT2D eigenvalue weighted by atomic mass is 10.1. The average Bonchev–Trinajstić information content (AvgIpc) is 2.29. The first-order valence-corrected chi connectivity index (χ1v) is 8.51. The van der Waals surface area contributed by atoms with Crippen LogP contribution < -0.4 is 4.72 Å². The molecule has 0 saturated carbocycles. The number of sulfonamides is 1. The topological polar surface area (TPSA) is 69.6 Å². The number of halogens is 2. The van der Waals surface area contributed by atoms with Crippen LogP contribution in [-0.4, -0.2) is 51.2 Å². The van der Waals surface area contributed by atoms with Crippen LogP contribution in [0, 0.1) is 0 Å². The molecule has 0 radical (unpaired) electrons. The fourth-order valence-corrected chi connectivity index (χ4v) is 3.55. The second-order valence-corrected chi connectivity index (χ2v) is 8.16. The second-order valence-electron chi connectivity index (χ2n) is 5.14. The third-order valence-electron chi connectivity index (χ3n) is 2.50. The summed E-state index contributed by atoms with van der Waals surface area (Å²) in [6.07, 6.45) is 0. The number of hydrogen-bond acceptors (Lipinski definition) is 4. The highest BCUT2D eigenvalue weighted by atomic mass is 79.9. The molecule has 0 aromatic heterocycles. The number of benzene rings is 1. The van der Waals surface area contributed by atoms with Crippen LogP contribution in [0.25, 0.3) is 0 Å². The van der Waals surface area contributed by atoms with E-state index in [-0.39, 0.29) is 11.4 Å². The first kappa shape index (κ1) is 17.9. The summed E-state index contributed by atoms with van der Waals surface area (Å²) < 4.78 is 27.2. The summed E-state index contributed by atoms with van der Waals surface area (Å²) in [5.74, 6) is 0. The smallest absolute Gasteiger partial charge is 0.240 e. The lowest BCUT2D eigenvalue weighted by molar-refractivity contribution is 0.0386. The lowest BCUT2D eigenvalue weighted by Gasteiger charge is -2.27. The van der Waals surface area contributed by atoms with Crippen LogP contribution >= 0.6 is 27.5 Å². The molecular weight excluding hydrogens is 368 g/mol. The molecule has 0 bridgehead atoms. The van der Waals surface area contributed by atoms with E-state index in [2.05, 4.69) is 20.7 Å². The van der Waals surface area contributed by atoms with Gasteiger partial charge in [0.2, 0.25) is 10.0 Å². The monoisotopic (exact) mass is 384 g/mol. The van der Waals surface area contributed by atoms with Crippen LogP contribution in [0.3, 0.4) is 0 Å². The molecule has 0 spiro atoms.